The summed E-state index contributed by atoms with van der Waals surface area (Å²) in [6, 6.07) is 4.83. The van der Waals surface area contributed by atoms with Crippen LogP contribution in [0.3, 0.4) is 0 Å². The Hall–Kier alpha value is -1.71. The standard InChI is InChI=1S/C10H14N2O2/c1-6-3-4-8(11)9(5-6)12-7(2)10(13)14/h3-5,7,12H,11H2,1-2H3,(H,13,14)/t7-/m1/s1. The molecule has 0 bridgehead atoms. The van der Waals surface area contributed by atoms with E-state index in [4.69, 9.17) is 10.8 Å². The lowest BCUT2D eigenvalue weighted by Gasteiger charge is -2.13. The monoisotopic (exact) mass is 194 g/mol. The number of carboxylic acids is 1. The van der Waals surface area contributed by atoms with Gasteiger partial charge in [-0.05, 0) is 31.5 Å². The van der Waals surface area contributed by atoms with Gasteiger partial charge >= 0.3 is 5.97 Å². The van der Waals surface area contributed by atoms with Gasteiger partial charge in [0.25, 0.3) is 0 Å². The van der Waals surface area contributed by atoms with Gasteiger partial charge in [0, 0.05) is 0 Å². The molecule has 0 saturated carbocycles. The second-order valence-electron chi connectivity index (χ2n) is 3.29. The summed E-state index contributed by atoms with van der Waals surface area (Å²) < 4.78 is 0. The number of benzene rings is 1. The van der Waals surface area contributed by atoms with Gasteiger partial charge in [-0.15, -0.1) is 0 Å². The van der Waals surface area contributed by atoms with Gasteiger partial charge in [-0.25, -0.2) is 0 Å². The van der Waals surface area contributed by atoms with Crippen LogP contribution in [-0.4, -0.2) is 17.1 Å². The highest BCUT2D eigenvalue weighted by Gasteiger charge is 2.11. The molecule has 0 amide bonds. The lowest BCUT2D eigenvalue weighted by molar-refractivity contribution is -0.137. The summed E-state index contributed by atoms with van der Waals surface area (Å²) in [4.78, 5) is 10.6. The fraction of sp³-hybridized carbons (Fsp3) is 0.300. The van der Waals surface area contributed by atoms with E-state index in [9.17, 15) is 4.79 Å². The number of nitrogen functional groups attached to an aromatic ring is 1. The Morgan fingerprint density at radius 1 is 1.57 bits per heavy atom. The van der Waals surface area contributed by atoms with Crippen molar-refractivity contribution in [1.82, 2.24) is 0 Å². The number of aliphatic carboxylic acids is 1. The van der Waals surface area contributed by atoms with Crippen LogP contribution in [0.25, 0.3) is 0 Å². The van der Waals surface area contributed by atoms with E-state index in [1.165, 1.54) is 0 Å². The van der Waals surface area contributed by atoms with Crippen molar-refractivity contribution in [2.24, 2.45) is 0 Å². The van der Waals surface area contributed by atoms with E-state index >= 15 is 0 Å². The molecule has 0 aromatic heterocycles. The van der Waals surface area contributed by atoms with Crippen molar-refractivity contribution in [1.29, 1.82) is 0 Å². The fourth-order valence-corrected chi connectivity index (χ4v) is 1.09. The Morgan fingerprint density at radius 3 is 2.79 bits per heavy atom. The van der Waals surface area contributed by atoms with E-state index in [1.807, 2.05) is 19.1 Å². The van der Waals surface area contributed by atoms with Gasteiger partial charge in [0.1, 0.15) is 6.04 Å². The van der Waals surface area contributed by atoms with Gasteiger partial charge in [-0.3, -0.25) is 4.79 Å². The van der Waals surface area contributed by atoms with Crippen molar-refractivity contribution in [3.05, 3.63) is 23.8 Å². The minimum Gasteiger partial charge on any atom is -0.480 e. The average molecular weight is 194 g/mol. The third-order valence-corrected chi connectivity index (χ3v) is 1.95. The Balaban J connectivity index is 2.85. The molecule has 4 nitrogen and oxygen atoms in total. The molecule has 0 spiro atoms. The highest BCUT2D eigenvalue weighted by Crippen LogP contribution is 2.20. The summed E-state index contributed by atoms with van der Waals surface area (Å²) in [5, 5.41) is 11.5. The van der Waals surface area contributed by atoms with E-state index in [1.54, 1.807) is 13.0 Å². The van der Waals surface area contributed by atoms with Crippen molar-refractivity contribution < 1.29 is 9.90 Å². The minimum absolute atomic E-state index is 0.559. The molecule has 0 aliphatic rings. The number of nitrogens with one attached hydrogen (secondary N) is 1. The number of nitrogens with two attached hydrogens (primary N) is 1. The SMILES string of the molecule is Cc1ccc(N)c(N[C@H](C)C(=O)O)c1. The van der Waals surface area contributed by atoms with E-state index in [-0.39, 0.29) is 0 Å². The predicted octanol–water partition coefficient (Wildman–Crippen LogP) is 1.46. The molecular formula is C10H14N2O2. The topological polar surface area (TPSA) is 75.3 Å². The molecule has 1 atom stereocenters. The van der Waals surface area contributed by atoms with Crippen LogP contribution in [0.5, 0.6) is 0 Å². The Labute approximate surface area is 82.7 Å². The first-order valence-electron chi connectivity index (χ1n) is 4.36. The van der Waals surface area contributed by atoms with Crippen LogP contribution in [0, 0.1) is 6.92 Å². The summed E-state index contributed by atoms with van der Waals surface area (Å²) in [5.74, 6) is -0.897. The smallest absolute Gasteiger partial charge is 0.325 e. The fourth-order valence-electron chi connectivity index (χ4n) is 1.09. The molecule has 4 heteroatoms. The molecule has 0 aliphatic carbocycles. The summed E-state index contributed by atoms with van der Waals surface area (Å²) in [7, 11) is 0. The first-order chi connectivity index (χ1) is 6.50. The highest BCUT2D eigenvalue weighted by molar-refractivity contribution is 5.79. The maximum Gasteiger partial charge on any atom is 0.325 e. The number of carbonyl (C=O) groups is 1. The second-order valence-corrected chi connectivity index (χ2v) is 3.29. The Kier molecular flexibility index (Phi) is 2.96. The van der Waals surface area contributed by atoms with Gasteiger partial charge in [-0.1, -0.05) is 6.07 Å². The zero-order valence-electron chi connectivity index (χ0n) is 8.24. The molecule has 1 aromatic rings. The Bertz CT molecular complexity index is 350. The van der Waals surface area contributed by atoms with Gasteiger partial charge in [0.15, 0.2) is 0 Å². The van der Waals surface area contributed by atoms with Crippen LogP contribution in [-0.2, 0) is 4.79 Å². The summed E-state index contributed by atoms with van der Waals surface area (Å²) in [5.41, 5.74) is 7.95. The quantitative estimate of drug-likeness (QED) is 0.637. The molecule has 0 saturated heterocycles. The number of aryl methyl sites for hydroxylation is 1. The van der Waals surface area contributed by atoms with Crippen LogP contribution in [0.1, 0.15) is 12.5 Å². The Morgan fingerprint density at radius 2 is 2.21 bits per heavy atom. The van der Waals surface area contributed by atoms with Gasteiger partial charge in [0.05, 0.1) is 11.4 Å². The molecule has 1 aromatic carbocycles. The first-order valence-corrected chi connectivity index (χ1v) is 4.36. The summed E-state index contributed by atoms with van der Waals surface area (Å²) in [6.07, 6.45) is 0. The summed E-state index contributed by atoms with van der Waals surface area (Å²) >= 11 is 0. The highest BCUT2D eigenvalue weighted by atomic mass is 16.4. The van der Waals surface area contributed by atoms with Crippen LogP contribution in [0.2, 0.25) is 0 Å². The number of rotatable bonds is 3. The molecule has 76 valence electrons. The third-order valence-electron chi connectivity index (χ3n) is 1.95. The second kappa shape index (κ2) is 4.00. The third kappa shape index (κ3) is 2.39. The van der Waals surface area contributed by atoms with Crippen LogP contribution >= 0.6 is 0 Å². The van der Waals surface area contributed by atoms with Gasteiger partial charge in [0.2, 0.25) is 0 Å². The van der Waals surface area contributed by atoms with Gasteiger partial charge in [-0.2, -0.15) is 0 Å². The molecule has 0 fully saturated rings. The molecule has 14 heavy (non-hydrogen) atoms. The van der Waals surface area contributed by atoms with E-state index in [0.29, 0.717) is 11.4 Å². The van der Waals surface area contributed by atoms with Crippen LogP contribution < -0.4 is 11.1 Å². The molecule has 0 unspecified atom stereocenters. The molecule has 4 N–H and O–H groups in total. The largest absolute Gasteiger partial charge is 0.480 e. The van der Waals surface area contributed by atoms with Crippen LogP contribution in [0.4, 0.5) is 11.4 Å². The van der Waals surface area contributed by atoms with Crippen molar-refractivity contribution in [3.8, 4) is 0 Å². The first kappa shape index (κ1) is 10.4. The lowest BCUT2D eigenvalue weighted by Crippen LogP contribution is -2.25. The van der Waals surface area contributed by atoms with Gasteiger partial charge < -0.3 is 16.2 Å². The van der Waals surface area contributed by atoms with E-state index in [2.05, 4.69) is 5.32 Å². The molecule has 0 heterocycles. The molecule has 0 aliphatic heterocycles. The van der Waals surface area contributed by atoms with Crippen molar-refractivity contribution in [2.45, 2.75) is 19.9 Å². The number of hydrogen-bond donors (Lipinski definition) is 3. The molecular weight excluding hydrogens is 180 g/mol. The van der Waals surface area contributed by atoms with E-state index < -0.39 is 12.0 Å². The minimum atomic E-state index is -0.897. The zero-order chi connectivity index (χ0) is 10.7. The number of carboxylic acid groups (broad SMARTS) is 1. The predicted molar refractivity (Wildman–Crippen MR) is 56.3 cm³/mol. The van der Waals surface area contributed by atoms with E-state index in [0.717, 1.165) is 5.56 Å². The zero-order valence-corrected chi connectivity index (χ0v) is 8.24. The number of hydrogen-bond acceptors (Lipinski definition) is 3. The van der Waals surface area contributed by atoms with Crippen LogP contribution in [0.15, 0.2) is 18.2 Å². The lowest BCUT2D eigenvalue weighted by atomic mass is 10.2. The van der Waals surface area contributed by atoms with Crippen molar-refractivity contribution in [2.75, 3.05) is 11.1 Å². The maximum absolute atomic E-state index is 10.6. The summed E-state index contributed by atoms with van der Waals surface area (Å²) in [6.45, 7) is 3.50. The average Bonchev–Trinajstić information content (AvgIpc) is 2.11. The molecule has 0 radical (unpaired) electrons. The van der Waals surface area contributed by atoms with Crippen molar-refractivity contribution >= 4 is 17.3 Å². The maximum atomic E-state index is 10.6. The normalized spacial score (nSPS) is 12.1. The molecule has 1 rings (SSSR count). The van der Waals surface area contributed by atoms with Crippen molar-refractivity contribution in [3.63, 3.8) is 0 Å². The number of anilines is 2.